The van der Waals surface area contributed by atoms with Gasteiger partial charge in [0.1, 0.15) is 24.4 Å². The summed E-state index contributed by atoms with van der Waals surface area (Å²) in [4.78, 5) is 46.6. The number of ether oxygens (including phenoxy) is 2. The normalized spacial score (nSPS) is 17.1. The van der Waals surface area contributed by atoms with Crippen LogP contribution in [0.5, 0.6) is 5.75 Å². The number of nitrogens with zero attached hydrogens (tertiary/aromatic N) is 2. The molecule has 3 aromatic rings. The third kappa shape index (κ3) is 9.49. The van der Waals surface area contributed by atoms with Gasteiger partial charge in [-0.05, 0) is 47.7 Å². The first-order valence-corrected chi connectivity index (χ1v) is 15.9. The number of hydrogen-bond acceptors (Lipinski definition) is 9. The molecule has 1 aromatic heterocycles. The van der Waals surface area contributed by atoms with Crippen LogP contribution in [-0.4, -0.2) is 77.3 Å². The largest absolute Gasteiger partial charge is 0.491 e. The van der Waals surface area contributed by atoms with Gasteiger partial charge in [-0.15, -0.1) is 11.3 Å². The molecule has 2 heterocycles. The highest BCUT2D eigenvalue weighted by atomic mass is 32.1. The van der Waals surface area contributed by atoms with Gasteiger partial charge >= 0.3 is 0 Å². The number of aliphatic hydroxyl groups is 1. The molecule has 0 radical (unpaired) electrons. The molecule has 3 atom stereocenters. The number of nitrogen functional groups attached to an aromatic ring is 1. The van der Waals surface area contributed by atoms with Crippen LogP contribution in [0, 0.1) is 12.3 Å². The molecule has 1 aliphatic heterocycles. The number of amides is 3. The Bertz CT molecular complexity index is 1440. The number of nitrogens with two attached hydrogens (primary N) is 1. The quantitative estimate of drug-likeness (QED) is 0.164. The Hall–Kier alpha value is -4.00. The first kappa shape index (κ1) is 33.9. The van der Waals surface area contributed by atoms with Crippen molar-refractivity contribution in [1.82, 2.24) is 20.5 Å². The summed E-state index contributed by atoms with van der Waals surface area (Å²) in [6.07, 6.45) is -0.666. The molecule has 0 bridgehead atoms. The zero-order chi connectivity index (χ0) is 32.6. The third-order valence-electron chi connectivity index (χ3n) is 7.56. The highest BCUT2D eigenvalue weighted by Crippen LogP contribution is 2.28. The van der Waals surface area contributed by atoms with E-state index < -0.39 is 29.5 Å². The van der Waals surface area contributed by atoms with Crippen molar-refractivity contribution in [3.63, 3.8) is 0 Å². The number of hydrogen-bond donors (Lipinski definition) is 4. The number of aromatic nitrogens is 1. The minimum Gasteiger partial charge on any atom is -0.491 e. The van der Waals surface area contributed by atoms with E-state index in [1.807, 2.05) is 57.5 Å². The van der Waals surface area contributed by atoms with Crippen LogP contribution < -0.4 is 21.1 Å². The van der Waals surface area contributed by atoms with E-state index in [-0.39, 0.29) is 51.0 Å². The first-order valence-electron chi connectivity index (χ1n) is 15.0. The van der Waals surface area contributed by atoms with Crippen molar-refractivity contribution in [1.29, 1.82) is 0 Å². The van der Waals surface area contributed by atoms with Crippen molar-refractivity contribution in [2.24, 2.45) is 5.41 Å². The number of aliphatic hydroxyl groups excluding tert-OH is 1. The van der Waals surface area contributed by atoms with E-state index in [1.54, 1.807) is 35.6 Å². The summed E-state index contributed by atoms with van der Waals surface area (Å²) >= 11 is 1.58. The standard InChI is InChI=1S/C33H43N5O6S/c1-21-29(45-20-36-21)23-7-5-22(6-8-23)18-35-31(41)27-17-25(39)19-38(27)32(42)30(33(2,3)4)37-28(40)13-14-43-15-16-44-26-11-9-24(34)10-12-26/h5-12,20,25,27,30,39H,13-19,34H2,1-4H3,(H,35,41)(H,37,40). The van der Waals surface area contributed by atoms with E-state index in [0.29, 0.717) is 18.0 Å². The van der Waals surface area contributed by atoms with Gasteiger partial charge in [0.15, 0.2) is 0 Å². The van der Waals surface area contributed by atoms with Gasteiger partial charge in [0.2, 0.25) is 17.7 Å². The molecule has 1 saturated heterocycles. The van der Waals surface area contributed by atoms with Gasteiger partial charge in [-0.25, -0.2) is 4.98 Å². The molecule has 5 N–H and O–H groups in total. The molecule has 0 saturated carbocycles. The fourth-order valence-corrected chi connectivity index (χ4v) is 5.87. The molecule has 3 amide bonds. The maximum atomic E-state index is 13.8. The summed E-state index contributed by atoms with van der Waals surface area (Å²) in [7, 11) is 0. The first-order chi connectivity index (χ1) is 21.4. The average Bonchev–Trinajstić information content (AvgIpc) is 3.62. The summed E-state index contributed by atoms with van der Waals surface area (Å²) in [5.74, 6) is -0.432. The lowest BCUT2D eigenvalue weighted by Crippen LogP contribution is -2.57. The zero-order valence-electron chi connectivity index (χ0n) is 26.2. The number of rotatable bonds is 13. The van der Waals surface area contributed by atoms with E-state index in [9.17, 15) is 19.5 Å². The number of likely N-dealkylation sites (tertiary alicyclic amines) is 1. The molecular formula is C33H43N5O6S. The average molecular weight is 638 g/mol. The Morgan fingerprint density at radius 1 is 1.09 bits per heavy atom. The number of anilines is 1. The summed E-state index contributed by atoms with van der Waals surface area (Å²) in [6, 6.07) is 13.2. The van der Waals surface area contributed by atoms with Gasteiger partial charge in [0.25, 0.3) is 0 Å². The second-order valence-electron chi connectivity index (χ2n) is 12.2. The topological polar surface area (TPSA) is 156 Å². The van der Waals surface area contributed by atoms with E-state index >= 15 is 0 Å². The summed E-state index contributed by atoms with van der Waals surface area (Å²) in [5, 5.41) is 16.2. The minimum atomic E-state index is -0.901. The lowest BCUT2D eigenvalue weighted by molar-refractivity contribution is -0.144. The number of nitrogens with one attached hydrogen (secondary N) is 2. The van der Waals surface area contributed by atoms with E-state index in [0.717, 1.165) is 21.7 Å². The summed E-state index contributed by atoms with van der Waals surface area (Å²) in [5.41, 5.74) is 10.4. The highest BCUT2D eigenvalue weighted by molar-refractivity contribution is 7.13. The second kappa shape index (κ2) is 15.3. The van der Waals surface area contributed by atoms with Crippen LogP contribution in [0.2, 0.25) is 0 Å². The van der Waals surface area contributed by atoms with Crippen LogP contribution in [0.15, 0.2) is 54.0 Å². The molecule has 12 heteroatoms. The van der Waals surface area contributed by atoms with Gasteiger partial charge in [-0.2, -0.15) is 0 Å². The minimum absolute atomic E-state index is 0.0133. The van der Waals surface area contributed by atoms with Gasteiger partial charge < -0.3 is 35.8 Å². The van der Waals surface area contributed by atoms with Crippen molar-refractivity contribution in [3.05, 3.63) is 65.3 Å². The van der Waals surface area contributed by atoms with Crippen LogP contribution in [0.4, 0.5) is 5.69 Å². The Morgan fingerprint density at radius 3 is 2.44 bits per heavy atom. The number of aryl methyl sites for hydroxylation is 1. The van der Waals surface area contributed by atoms with Crippen LogP contribution in [0.1, 0.15) is 44.9 Å². The number of thiazole rings is 1. The molecule has 2 aromatic carbocycles. The van der Waals surface area contributed by atoms with Crippen LogP contribution >= 0.6 is 11.3 Å². The second-order valence-corrected chi connectivity index (χ2v) is 13.1. The van der Waals surface area contributed by atoms with E-state index in [1.165, 1.54) is 4.90 Å². The van der Waals surface area contributed by atoms with Crippen molar-refractivity contribution in [2.75, 3.05) is 32.1 Å². The van der Waals surface area contributed by atoms with Crippen molar-refractivity contribution < 1.29 is 29.0 Å². The number of benzene rings is 2. The summed E-state index contributed by atoms with van der Waals surface area (Å²) in [6.45, 7) is 8.56. The van der Waals surface area contributed by atoms with Crippen LogP contribution in [-0.2, 0) is 25.7 Å². The molecule has 3 unspecified atom stereocenters. The fraction of sp³-hybridized carbons (Fsp3) is 0.455. The zero-order valence-corrected chi connectivity index (χ0v) is 27.1. The highest BCUT2D eigenvalue weighted by Gasteiger charge is 2.44. The monoisotopic (exact) mass is 637 g/mol. The van der Waals surface area contributed by atoms with Gasteiger partial charge in [0, 0.05) is 31.6 Å². The smallest absolute Gasteiger partial charge is 0.246 e. The predicted molar refractivity (Wildman–Crippen MR) is 173 cm³/mol. The number of carbonyl (C=O) groups is 3. The van der Waals surface area contributed by atoms with Crippen LogP contribution in [0.3, 0.4) is 0 Å². The molecule has 45 heavy (non-hydrogen) atoms. The Labute approximate surface area is 268 Å². The molecule has 1 fully saturated rings. The molecule has 0 spiro atoms. The Kier molecular flexibility index (Phi) is 11.5. The lowest BCUT2D eigenvalue weighted by atomic mass is 9.85. The third-order valence-corrected chi connectivity index (χ3v) is 8.54. The molecule has 11 nitrogen and oxygen atoms in total. The molecule has 0 aliphatic carbocycles. The predicted octanol–water partition coefficient (Wildman–Crippen LogP) is 3.30. The van der Waals surface area contributed by atoms with Crippen molar-refractivity contribution >= 4 is 34.7 Å². The Balaban J connectivity index is 1.27. The lowest BCUT2D eigenvalue weighted by Gasteiger charge is -2.35. The van der Waals surface area contributed by atoms with Crippen LogP contribution in [0.25, 0.3) is 10.4 Å². The molecular weight excluding hydrogens is 594 g/mol. The maximum absolute atomic E-state index is 13.8. The summed E-state index contributed by atoms with van der Waals surface area (Å²) < 4.78 is 11.1. The van der Waals surface area contributed by atoms with Crippen molar-refractivity contribution in [3.8, 4) is 16.2 Å². The van der Waals surface area contributed by atoms with Crippen molar-refractivity contribution in [2.45, 2.75) is 65.3 Å². The van der Waals surface area contributed by atoms with E-state index in [4.69, 9.17) is 15.2 Å². The number of β-amino-alcohol motifs (C(OH)–C–C–N with tert-alkyl or cyclic N) is 1. The SMILES string of the molecule is Cc1ncsc1-c1ccc(CNC(=O)C2CC(O)CN2C(=O)C(NC(=O)CCOCCOc2ccc(N)cc2)C(C)(C)C)cc1. The maximum Gasteiger partial charge on any atom is 0.246 e. The molecule has 4 rings (SSSR count). The number of carbonyl (C=O) groups excluding carboxylic acids is 3. The van der Waals surface area contributed by atoms with Gasteiger partial charge in [-0.3, -0.25) is 14.4 Å². The fourth-order valence-electron chi connectivity index (χ4n) is 5.06. The Morgan fingerprint density at radius 2 is 1.80 bits per heavy atom. The van der Waals surface area contributed by atoms with Gasteiger partial charge in [-0.1, -0.05) is 45.0 Å². The molecule has 242 valence electrons. The molecule has 1 aliphatic rings. The van der Waals surface area contributed by atoms with Gasteiger partial charge in [0.05, 0.1) is 35.4 Å². The van der Waals surface area contributed by atoms with E-state index in [2.05, 4.69) is 15.6 Å².